The molecule has 0 aliphatic carbocycles. The Kier molecular flexibility index (Phi) is 5.51. The maximum absolute atomic E-state index is 13.4. The van der Waals surface area contributed by atoms with Crippen molar-refractivity contribution in [2.45, 2.75) is 17.5 Å². The third kappa shape index (κ3) is 3.92. The van der Waals surface area contributed by atoms with Gasteiger partial charge in [-0.05, 0) is 47.4 Å². The molecular weight excluding hydrogens is 424 g/mol. The van der Waals surface area contributed by atoms with Gasteiger partial charge in [-0.1, -0.05) is 60.1 Å². The van der Waals surface area contributed by atoms with Gasteiger partial charge in [0.1, 0.15) is 0 Å². The van der Waals surface area contributed by atoms with Crippen LogP contribution in [-0.4, -0.2) is 25.4 Å². The van der Waals surface area contributed by atoms with Crippen LogP contribution in [0, 0.1) is 0 Å². The monoisotopic (exact) mass is 442 g/mol. The summed E-state index contributed by atoms with van der Waals surface area (Å²) in [4.78, 5) is 11.6. The van der Waals surface area contributed by atoms with E-state index in [1.807, 2.05) is 24.3 Å². The Morgan fingerprint density at radius 3 is 2.20 bits per heavy atom. The predicted octanol–water partition coefficient (Wildman–Crippen LogP) is 4.35. The number of rotatable bonds is 4. The quantitative estimate of drug-likeness (QED) is 0.650. The van der Waals surface area contributed by atoms with Crippen molar-refractivity contribution in [2.75, 3.05) is 6.54 Å². The molecular formula is C22H19ClN2O4S. The van der Waals surface area contributed by atoms with Gasteiger partial charge >= 0.3 is 6.09 Å². The molecule has 1 atom stereocenters. The number of primary amides is 1. The second kappa shape index (κ2) is 8.10. The number of hydrogen-bond acceptors (Lipinski definition) is 4. The Balaban J connectivity index is 1.68. The second-order valence-corrected chi connectivity index (χ2v) is 9.21. The number of carbonyl (C=O) groups excluding carboxylic acids is 1. The van der Waals surface area contributed by atoms with Crippen LogP contribution < -0.4 is 5.73 Å². The summed E-state index contributed by atoms with van der Waals surface area (Å²) in [6.45, 7) is 0.177. The zero-order chi connectivity index (χ0) is 21.3. The van der Waals surface area contributed by atoms with Crippen LogP contribution in [0.15, 0.2) is 77.7 Å². The normalized spacial score (nSPS) is 16.6. The van der Waals surface area contributed by atoms with Gasteiger partial charge in [0.15, 0.2) is 6.23 Å². The molecule has 0 saturated carbocycles. The first-order chi connectivity index (χ1) is 14.4. The van der Waals surface area contributed by atoms with Crippen LogP contribution >= 0.6 is 11.6 Å². The highest BCUT2D eigenvalue weighted by Crippen LogP contribution is 2.35. The molecule has 3 aromatic rings. The van der Waals surface area contributed by atoms with E-state index >= 15 is 0 Å². The number of amides is 1. The molecule has 4 rings (SSSR count). The minimum Gasteiger partial charge on any atom is -0.425 e. The molecule has 0 saturated heterocycles. The molecule has 1 aliphatic heterocycles. The Bertz CT molecular complexity index is 1180. The number of fused-ring (bicyclic) bond motifs is 1. The fourth-order valence-corrected chi connectivity index (χ4v) is 5.20. The van der Waals surface area contributed by atoms with Gasteiger partial charge in [-0.15, -0.1) is 0 Å². The Morgan fingerprint density at radius 1 is 0.967 bits per heavy atom. The van der Waals surface area contributed by atoms with E-state index in [-0.39, 0.29) is 11.4 Å². The lowest BCUT2D eigenvalue weighted by atomic mass is 10.00. The maximum atomic E-state index is 13.4. The first-order valence-corrected chi connectivity index (χ1v) is 11.1. The summed E-state index contributed by atoms with van der Waals surface area (Å²) >= 11 is 5.93. The molecule has 1 aliphatic rings. The number of hydrogen-bond donors (Lipinski definition) is 1. The van der Waals surface area contributed by atoms with Gasteiger partial charge in [-0.3, -0.25) is 0 Å². The minimum atomic E-state index is -3.93. The van der Waals surface area contributed by atoms with E-state index in [9.17, 15) is 13.2 Å². The highest BCUT2D eigenvalue weighted by molar-refractivity contribution is 7.89. The van der Waals surface area contributed by atoms with Crippen molar-refractivity contribution >= 4 is 27.7 Å². The van der Waals surface area contributed by atoms with Crippen LogP contribution in [0.1, 0.15) is 17.4 Å². The first-order valence-electron chi connectivity index (χ1n) is 9.28. The smallest absolute Gasteiger partial charge is 0.406 e. The number of nitrogens with zero attached hydrogens (tertiary/aromatic N) is 1. The van der Waals surface area contributed by atoms with E-state index in [4.69, 9.17) is 22.1 Å². The third-order valence-corrected chi connectivity index (χ3v) is 7.16. The van der Waals surface area contributed by atoms with Gasteiger partial charge in [-0.2, -0.15) is 4.31 Å². The van der Waals surface area contributed by atoms with Crippen molar-refractivity contribution in [1.29, 1.82) is 0 Å². The Labute approximate surface area is 179 Å². The number of sulfonamides is 1. The summed E-state index contributed by atoms with van der Waals surface area (Å²) in [6, 6.07) is 21.1. The topological polar surface area (TPSA) is 89.7 Å². The molecule has 1 amide bonds. The molecule has 1 heterocycles. The largest absolute Gasteiger partial charge is 0.425 e. The SMILES string of the molecule is NC(=O)O[C@@H]1c2ccccc2CCN1S(=O)(=O)c1ccc(-c2ccc(Cl)cc2)cc1. The number of carbonyl (C=O) groups is 1. The molecule has 8 heteroatoms. The molecule has 154 valence electrons. The number of ether oxygens (including phenoxy) is 1. The zero-order valence-corrected chi connectivity index (χ0v) is 17.4. The van der Waals surface area contributed by atoms with E-state index in [1.165, 1.54) is 4.31 Å². The fourth-order valence-electron chi connectivity index (χ4n) is 3.58. The van der Waals surface area contributed by atoms with Gasteiger partial charge in [0.05, 0.1) is 4.90 Å². The highest BCUT2D eigenvalue weighted by atomic mass is 35.5. The Morgan fingerprint density at radius 2 is 1.57 bits per heavy atom. The molecule has 0 unspecified atom stereocenters. The van der Waals surface area contributed by atoms with E-state index in [0.29, 0.717) is 17.0 Å². The standard InChI is InChI=1S/C22H19ClN2O4S/c23-18-9-5-15(6-10-18)16-7-11-19(12-8-16)30(27,28)25-14-13-17-3-1-2-4-20(17)21(25)29-22(24)26/h1-12,21H,13-14H2,(H2,24,26)/t21-/m1/s1. The first kappa shape index (κ1) is 20.4. The minimum absolute atomic E-state index is 0.109. The lowest BCUT2D eigenvalue weighted by molar-refractivity contribution is 0.0295. The van der Waals surface area contributed by atoms with Gasteiger partial charge < -0.3 is 10.5 Å². The summed E-state index contributed by atoms with van der Waals surface area (Å²) < 4.78 is 33.1. The average molecular weight is 443 g/mol. The summed E-state index contributed by atoms with van der Waals surface area (Å²) in [7, 11) is -3.93. The van der Waals surface area contributed by atoms with E-state index in [1.54, 1.807) is 48.5 Å². The number of nitrogens with two attached hydrogens (primary N) is 1. The molecule has 0 bridgehead atoms. The molecule has 2 N–H and O–H groups in total. The maximum Gasteiger partial charge on any atom is 0.406 e. The molecule has 3 aromatic carbocycles. The van der Waals surface area contributed by atoms with Gasteiger partial charge in [0.25, 0.3) is 0 Å². The van der Waals surface area contributed by atoms with Crippen molar-refractivity contribution in [3.8, 4) is 11.1 Å². The van der Waals surface area contributed by atoms with Crippen molar-refractivity contribution in [2.24, 2.45) is 5.73 Å². The second-order valence-electron chi connectivity index (χ2n) is 6.89. The van der Waals surface area contributed by atoms with Crippen LogP contribution in [0.2, 0.25) is 5.02 Å². The Hall–Kier alpha value is -2.87. The molecule has 0 fully saturated rings. The van der Waals surface area contributed by atoms with Crippen molar-refractivity contribution < 1.29 is 17.9 Å². The van der Waals surface area contributed by atoms with E-state index in [0.717, 1.165) is 16.7 Å². The molecule has 6 nitrogen and oxygen atoms in total. The fraction of sp³-hybridized carbons (Fsp3) is 0.136. The van der Waals surface area contributed by atoms with Crippen molar-refractivity contribution in [3.63, 3.8) is 0 Å². The van der Waals surface area contributed by atoms with Gasteiger partial charge in [-0.25, -0.2) is 13.2 Å². The summed E-state index contributed by atoms with van der Waals surface area (Å²) in [6.07, 6.45) is -1.62. The lowest BCUT2D eigenvalue weighted by Gasteiger charge is -2.35. The van der Waals surface area contributed by atoms with Gasteiger partial charge in [0, 0.05) is 17.1 Å². The van der Waals surface area contributed by atoms with E-state index in [2.05, 4.69) is 0 Å². The van der Waals surface area contributed by atoms with Crippen LogP contribution in [0.3, 0.4) is 0 Å². The zero-order valence-electron chi connectivity index (χ0n) is 15.9. The molecule has 0 aromatic heterocycles. The molecule has 0 radical (unpaired) electrons. The molecule has 0 spiro atoms. The number of benzene rings is 3. The summed E-state index contributed by atoms with van der Waals surface area (Å²) in [5.41, 5.74) is 8.55. The summed E-state index contributed by atoms with van der Waals surface area (Å²) in [5, 5.41) is 0.629. The van der Waals surface area contributed by atoms with Crippen molar-refractivity contribution in [3.05, 3.63) is 88.9 Å². The lowest BCUT2D eigenvalue weighted by Crippen LogP contribution is -2.42. The van der Waals surface area contributed by atoms with Crippen molar-refractivity contribution in [1.82, 2.24) is 4.31 Å². The summed E-state index contributed by atoms with van der Waals surface area (Å²) in [5.74, 6) is 0. The highest BCUT2D eigenvalue weighted by Gasteiger charge is 2.38. The van der Waals surface area contributed by atoms with Crippen LogP contribution in [0.4, 0.5) is 4.79 Å². The predicted molar refractivity (Wildman–Crippen MR) is 114 cm³/mol. The third-order valence-electron chi connectivity index (χ3n) is 5.05. The molecule has 30 heavy (non-hydrogen) atoms. The van der Waals surface area contributed by atoms with Crippen LogP contribution in [0.25, 0.3) is 11.1 Å². The van der Waals surface area contributed by atoms with E-state index < -0.39 is 22.3 Å². The van der Waals surface area contributed by atoms with Crippen LogP contribution in [-0.2, 0) is 21.2 Å². The number of halogens is 1. The van der Waals surface area contributed by atoms with Crippen LogP contribution in [0.5, 0.6) is 0 Å². The average Bonchev–Trinajstić information content (AvgIpc) is 2.74. The van der Waals surface area contributed by atoms with Gasteiger partial charge in [0.2, 0.25) is 10.0 Å².